The number of anilines is 1. The molecule has 0 aromatic heterocycles. The van der Waals surface area contributed by atoms with Crippen molar-refractivity contribution in [3.8, 4) is 5.75 Å². The number of hydrogen-bond acceptors (Lipinski definition) is 5. The number of nitrogens with two attached hydrogens (primary N) is 1. The van der Waals surface area contributed by atoms with Crippen molar-refractivity contribution in [1.29, 1.82) is 0 Å². The normalized spacial score (nSPS) is 13.6. The van der Waals surface area contributed by atoms with E-state index >= 15 is 0 Å². The summed E-state index contributed by atoms with van der Waals surface area (Å²) in [4.78, 5) is 11.5. The maximum Gasteiger partial charge on any atom is 0.329 e. The summed E-state index contributed by atoms with van der Waals surface area (Å²) in [5, 5.41) is 3.03. The molecular weight excluding hydrogens is 220 g/mol. The monoisotopic (exact) mass is 238 g/mol. The summed E-state index contributed by atoms with van der Waals surface area (Å²) in [5.74, 6) is 0.377. The highest BCUT2D eigenvalue weighted by Crippen LogP contribution is 2.16. The highest BCUT2D eigenvalue weighted by Gasteiger charge is 2.22. The number of nitrogens with one attached hydrogen (secondary N) is 1. The molecule has 0 heterocycles. The van der Waals surface area contributed by atoms with E-state index in [9.17, 15) is 4.79 Å². The van der Waals surface area contributed by atoms with Gasteiger partial charge in [-0.25, -0.2) is 4.79 Å². The lowest BCUT2D eigenvalue weighted by atomic mass is 10.1. The minimum Gasteiger partial charge on any atom is -0.497 e. The van der Waals surface area contributed by atoms with Crippen molar-refractivity contribution in [2.45, 2.75) is 19.0 Å². The fraction of sp³-hybridized carbons (Fsp3) is 0.417. The Hall–Kier alpha value is -1.75. The van der Waals surface area contributed by atoms with Crippen molar-refractivity contribution in [3.05, 3.63) is 24.3 Å². The second-order valence-electron chi connectivity index (χ2n) is 3.73. The van der Waals surface area contributed by atoms with E-state index in [0.29, 0.717) is 0 Å². The zero-order chi connectivity index (χ0) is 12.8. The van der Waals surface area contributed by atoms with Crippen LogP contribution in [0.5, 0.6) is 5.75 Å². The Kier molecular flexibility index (Phi) is 4.78. The lowest BCUT2D eigenvalue weighted by molar-refractivity contribution is -0.141. The van der Waals surface area contributed by atoms with Gasteiger partial charge in [0.25, 0.3) is 0 Å². The fourth-order valence-corrected chi connectivity index (χ4v) is 1.40. The molecule has 0 saturated heterocycles. The number of benzene rings is 1. The third kappa shape index (κ3) is 3.64. The summed E-state index contributed by atoms with van der Waals surface area (Å²) >= 11 is 0. The van der Waals surface area contributed by atoms with E-state index in [1.807, 2.05) is 12.1 Å². The Labute approximate surface area is 101 Å². The zero-order valence-corrected chi connectivity index (χ0v) is 10.3. The first-order valence-electron chi connectivity index (χ1n) is 5.32. The number of carbonyl (C=O) groups is 1. The van der Waals surface area contributed by atoms with Crippen LogP contribution in [0.1, 0.15) is 6.92 Å². The molecule has 5 heteroatoms. The fourth-order valence-electron chi connectivity index (χ4n) is 1.40. The van der Waals surface area contributed by atoms with Crippen LogP contribution in [-0.2, 0) is 9.53 Å². The summed E-state index contributed by atoms with van der Waals surface area (Å²) in [6, 6.07) is 6.34. The average molecular weight is 238 g/mol. The largest absolute Gasteiger partial charge is 0.497 e. The van der Waals surface area contributed by atoms with Crippen molar-refractivity contribution in [3.63, 3.8) is 0 Å². The molecule has 0 aliphatic heterocycles. The van der Waals surface area contributed by atoms with Crippen molar-refractivity contribution >= 4 is 11.7 Å². The Morgan fingerprint density at radius 3 is 2.29 bits per heavy atom. The van der Waals surface area contributed by atoms with Crippen LogP contribution in [0.2, 0.25) is 0 Å². The number of esters is 1. The van der Waals surface area contributed by atoms with Crippen molar-refractivity contribution in [2.24, 2.45) is 5.73 Å². The van der Waals surface area contributed by atoms with E-state index in [1.165, 1.54) is 7.11 Å². The number of hydrogen-bond donors (Lipinski definition) is 2. The van der Waals surface area contributed by atoms with Gasteiger partial charge >= 0.3 is 5.97 Å². The van der Waals surface area contributed by atoms with Gasteiger partial charge in [0.05, 0.1) is 14.2 Å². The number of rotatable bonds is 5. The van der Waals surface area contributed by atoms with E-state index < -0.39 is 6.04 Å². The predicted octanol–water partition coefficient (Wildman–Crippen LogP) is 0.996. The molecule has 1 rings (SSSR count). The van der Waals surface area contributed by atoms with Crippen molar-refractivity contribution in [1.82, 2.24) is 0 Å². The third-order valence-electron chi connectivity index (χ3n) is 2.39. The summed E-state index contributed by atoms with van der Waals surface area (Å²) in [7, 11) is 2.94. The van der Waals surface area contributed by atoms with Gasteiger partial charge in [-0.3, -0.25) is 0 Å². The lowest BCUT2D eigenvalue weighted by Crippen LogP contribution is -2.44. The summed E-state index contributed by atoms with van der Waals surface area (Å²) in [5.41, 5.74) is 6.52. The van der Waals surface area contributed by atoms with E-state index in [1.54, 1.807) is 26.2 Å². The summed E-state index contributed by atoms with van der Waals surface area (Å²) in [6.07, 6.45) is 0. The topological polar surface area (TPSA) is 73.6 Å². The second kappa shape index (κ2) is 6.10. The quantitative estimate of drug-likeness (QED) is 0.748. The van der Waals surface area contributed by atoms with Gasteiger partial charge in [-0.15, -0.1) is 0 Å². The summed E-state index contributed by atoms with van der Waals surface area (Å²) < 4.78 is 9.73. The smallest absolute Gasteiger partial charge is 0.329 e. The molecule has 0 aliphatic carbocycles. The van der Waals surface area contributed by atoms with Gasteiger partial charge in [-0.1, -0.05) is 0 Å². The molecule has 0 saturated carbocycles. The van der Waals surface area contributed by atoms with E-state index in [-0.39, 0.29) is 12.0 Å². The van der Waals surface area contributed by atoms with E-state index in [2.05, 4.69) is 10.1 Å². The molecule has 1 aromatic carbocycles. The van der Waals surface area contributed by atoms with Gasteiger partial charge in [0.15, 0.2) is 0 Å². The first-order chi connectivity index (χ1) is 8.08. The second-order valence-corrected chi connectivity index (χ2v) is 3.73. The maximum absolute atomic E-state index is 11.5. The molecule has 0 unspecified atom stereocenters. The third-order valence-corrected chi connectivity index (χ3v) is 2.39. The average Bonchev–Trinajstić information content (AvgIpc) is 2.35. The van der Waals surface area contributed by atoms with Gasteiger partial charge < -0.3 is 20.5 Å². The standard InChI is InChI=1S/C12H18N2O3/c1-8(13)11(12(15)17-3)14-9-4-6-10(16-2)7-5-9/h4-8,11,14H,13H2,1-3H3/t8-,11+/m0/s1. The van der Waals surface area contributed by atoms with Crippen molar-refractivity contribution < 1.29 is 14.3 Å². The lowest BCUT2D eigenvalue weighted by Gasteiger charge is -2.20. The SMILES string of the molecule is COC(=O)[C@H](Nc1ccc(OC)cc1)[C@H](C)N. The van der Waals surface area contributed by atoms with Crippen LogP contribution < -0.4 is 15.8 Å². The molecule has 3 N–H and O–H groups in total. The first kappa shape index (κ1) is 13.3. The number of carbonyl (C=O) groups excluding carboxylic acids is 1. The molecule has 5 nitrogen and oxygen atoms in total. The highest BCUT2D eigenvalue weighted by molar-refractivity contribution is 5.80. The number of methoxy groups -OCH3 is 2. The van der Waals surface area contributed by atoms with Gasteiger partial charge in [-0.05, 0) is 31.2 Å². The van der Waals surface area contributed by atoms with E-state index in [0.717, 1.165) is 11.4 Å². The Morgan fingerprint density at radius 2 is 1.88 bits per heavy atom. The van der Waals surface area contributed by atoms with Crippen LogP contribution in [0, 0.1) is 0 Å². The molecule has 0 amide bonds. The molecule has 0 aliphatic rings. The van der Waals surface area contributed by atoms with Crippen LogP contribution in [-0.4, -0.2) is 32.3 Å². The summed E-state index contributed by atoms with van der Waals surface area (Å²) in [6.45, 7) is 1.75. The van der Waals surface area contributed by atoms with Crippen LogP contribution in [0.25, 0.3) is 0 Å². The minimum absolute atomic E-state index is 0.343. The molecule has 0 fully saturated rings. The molecule has 0 spiro atoms. The molecular formula is C12H18N2O3. The maximum atomic E-state index is 11.5. The van der Waals surface area contributed by atoms with Crippen LogP contribution in [0.4, 0.5) is 5.69 Å². The molecule has 2 atom stereocenters. The van der Waals surface area contributed by atoms with Crippen molar-refractivity contribution in [2.75, 3.05) is 19.5 Å². The van der Waals surface area contributed by atoms with Gasteiger partial charge in [-0.2, -0.15) is 0 Å². The molecule has 17 heavy (non-hydrogen) atoms. The van der Waals surface area contributed by atoms with Crippen LogP contribution >= 0.6 is 0 Å². The molecule has 1 aromatic rings. The highest BCUT2D eigenvalue weighted by atomic mass is 16.5. The molecule has 0 radical (unpaired) electrons. The van der Waals surface area contributed by atoms with Crippen LogP contribution in [0.3, 0.4) is 0 Å². The minimum atomic E-state index is -0.562. The predicted molar refractivity (Wildman–Crippen MR) is 66.1 cm³/mol. The molecule has 94 valence electrons. The zero-order valence-electron chi connectivity index (χ0n) is 10.3. The Morgan fingerprint density at radius 1 is 1.29 bits per heavy atom. The Balaban J connectivity index is 2.75. The number of ether oxygens (including phenoxy) is 2. The Bertz CT molecular complexity index is 363. The first-order valence-corrected chi connectivity index (χ1v) is 5.32. The van der Waals surface area contributed by atoms with Gasteiger partial charge in [0, 0.05) is 11.7 Å². The molecule has 0 bridgehead atoms. The van der Waals surface area contributed by atoms with Gasteiger partial charge in [0.1, 0.15) is 11.8 Å². The van der Waals surface area contributed by atoms with Crippen LogP contribution in [0.15, 0.2) is 24.3 Å². The van der Waals surface area contributed by atoms with Gasteiger partial charge in [0.2, 0.25) is 0 Å². The van der Waals surface area contributed by atoms with E-state index in [4.69, 9.17) is 10.5 Å².